The summed E-state index contributed by atoms with van der Waals surface area (Å²) in [5, 5.41) is 11.0. The van der Waals surface area contributed by atoms with Crippen LogP contribution in [0.2, 0.25) is 0 Å². The molecule has 1 N–H and O–H groups in total. The van der Waals surface area contributed by atoms with Crippen LogP contribution in [-0.4, -0.2) is 16.7 Å². The lowest BCUT2D eigenvalue weighted by Gasteiger charge is -2.27. The van der Waals surface area contributed by atoms with E-state index in [-0.39, 0.29) is 0 Å². The molecule has 1 aliphatic rings. The fourth-order valence-electron chi connectivity index (χ4n) is 3.30. The number of aromatic nitrogens is 1. The lowest BCUT2D eigenvalue weighted by molar-refractivity contribution is 0.0190. The second-order valence-corrected chi connectivity index (χ2v) is 5.96. The highest BCUT2D eigenvalue weighted by atomic mass is 16.5. The molecule has 1 heterocycles. The summed E-state index contributed by atoms with van der Waals surface area (Å²) in [5.41, 5.74) is 0.198. The van der Waals surface area contributed by atoms with Crippen LogP contribution >= 0.6 is 0 Å². The molecule has 0 aromatic carbocycles. The molecular weight excluding hydrogens is 250 g/mol. The number of hydrogen-bond acceptors (Lipinski definition) is 3. The summed E-state index contributed by atoms with van der Waals surface area (Å²) in [6, 6.07) is 1.96. The average Bonchev–Trinajstić information content (AvgIpc) is 2.64. The summed E-state index contributed by atoms with van der Waals surface area (Å²) in [4.78, 5) is 4.22. The van der Waals surface area contributed by atoms with Crippen molar-refractivity contribution in [1.29, 1.82) is 0 Å². The van der Waals surface area contributed by atoms with Crippen LogP contribution in [0, 0.1) is 5.92 Å². The Morgan fingerprint density at radius 1 is 1.30 bits per heavy atom. The van der Waals surface area contributed by atoms with Crippen LogP contribution in [0.25, 0.3) is 0 Å². The van der Waals surface area contributed by atoms with Crippen molar-refractivity contribution in [2.45, 2.75) is 64.4 Å². The van der Waals surface area contributed by atoms with Gasteiger partial charge in [-0.1, -0.05) is 26.2 Å². The Morgan fingerprint density at radius 3 is 2.90 bits per heavy atom. The van der Waals surface area contributed by atoms with E-state index in [0.29, 0.717) is 6.61 Å². The van der Waals surface area contributed by atoms with Gasteiger partial charge in [-0.2, -0.15) is 0 Å². The van der Waals surface area contributed by atoms with Crippen LogP contribution < -0.4 is 4.74 Å². The molecule has 2 unspecified atom stereocenters. The van der Waals surface area contributed by atoms with Crippen molar-refractivity contribution in [2.24, 2.45) is 5.92 Å². The third kappa shape index (κ3) is 3.72. The SMILES string of the molecule is CCCC1CCCC(O)(c2cncc(OCC)c2)CC1. The van der Waals surface area contributed by atoms with Crippen LogP contribution in [0.4, 0.5) is 0 Å². The van der Waals surface area contributed by atoms with Crippen molar-refractivity contribution < 1.29 is 9.84 Å². The van der Waals surface area contributed by atoms with Crippen molar-refractivity contribution in [3.05, 3.63) is 24.0 Å². The Bertz CT molecular complexity index is 421. The number of ether oxygens (including phenoxy) is 1. The topological polar surface area (TPSA) is 42.4 Å². The van der Waals surface area contributed by atoms with Crippen LogP contribution in [0.5, 0.6) is 5.75 Å². The number of pyridine rings is 1. The van der Waals surface area contributed by atoms with E-state index in [9.17, 15) is 5.11 Å². The van der Waals surface area contributed by atoms with E-state index in [1.54, 1.807) is 12.4 Å². The van der Waals surface area contributed by atoms with Gasteiger partial charge in [0.25, 0.3) is 0 Å². The predicted octanol–water partition coefficient (Wildman–Crippen LogP) is 4.05. The number of rotatable bonds is 5. The Labute approximate surface area is 122 Å². The van der Waals surface area contributed by atoms with E-state index in [1.165, 1.54) is 19.3 Å². The molecule has 0 amide bonds. The highest BCUT2D eigenvalue weighted by Gasteiger charge is 2.32. The second kappa shape index (κ2) is 7.07. The van der Waals surface area contributed by atoms with Crippen LogP contribution in [-0.2, 0) is 5.60 Å². The first kappa shape index (κ1) is 15.3. The average molecular weight is 277 g/mol. The van der Waals surface area contributed by atoms with Gasteiger partial charge in [0, 0.05) is 11.8 Å². The van der Waals surface area contributed by atoms with Gasteiger partial charge in [-0.25, -0.2) is 0 Å². The summed E-state index contributed by atoms with van der Waals surface area (Å²) in [7, 11) is 0. The maximum Gasteiger partial charge on any atom is 0.137 e. The fourth-order valence-corrected chi connectivity index (χ4v) is 3.30. The molecule has 1 aromatic heterocycles. The molecule has 0 bridgehead atoms. The normalized spacial score (nSPS) is 27.1. The largest absolute Gasteiger partial charge is 0.492 e. The highest BCUT2D eigenvalue weighted by molar-refractivity contribution is 5.28. The number of nitrogens with zero attached hydrogens (tertiary/aromatic N) is 1. The van der Waals surface area contributed by atoms with Gasteiger partial charge >= 0.3 is 0 Å². The molecule has 3 heteroatoms. The molecule has 0 spiro atoms. The Hall–Kier alpha value is -1.09. The van der Waals surface area contributed by atoms with Gasteiger partial charge in [-0.05, 0) is 44.6 Å². The van der Waals surface area contributed by atoms with Crippen molar-refractivity contribution in [1.82, 2.24) is 4.98 Å². The minimum atomic E-state index is -0.720. The van der Waals surface area contributed by atoms with Gasteiger partial charge in [-0.15, -0.1) is 0 Å². The van der Waals surface area contributed by atoms with Crippen molar-refractivity contribution in [3.63, 3.8) is 0 Å². The Morgan fingerprint density at radius 2 is 2.15 bits per heavy atom. The molecule has 112 valence electrons. The van der Waals surface area contributed by atoms with E-state index < -0.39 is 5.60 Å². The molecule has 1 fully saturated rings. The first-order valence-electron chi connectivity index (χ1n) is 7.98. The van der Waals surface area contributed by atoms with Gasteiger partial charge in [0.15, 0.2) is 0 Å². The van der Waals surface area contributed by atoms with E-state index in [2.05, 4.69) is 11.9 Å². The third-order valence-electron chi connectivity index (χ3n) is 4.43. The lowest BCUT2D eigenvalue weighted by atomic mass is 9.87. The molecular formula is C17H27NO2. The summed E-state index contributed by atoms with van der Waals surface area (Å²) >= 11 is 0. The van der Waals surface area contributed by atoms with Gasteiger partial charge in [0.2, 0.25) is 0 Å². The van der Waals surface area contributed by atoms with E-state index in [1.807, 2.05) is 13.0 Å². The minimum absolute atomic E-state index is 0.627. The highest BCUT2D eigenvalue weighted by Crippen LogP contribution is 2.39. The molecule has 1 aliphatic carbocycles. The first-order valence-corrected chi connectivity index (χ1v) is 7.98. The summed E-state index contributed by atoms with van der Waals surface area (Å²) in [6.45, 7) is 4.83. The monoisotopic (exact) mass is 277 g/mol. The van der Waals surface area contributed by atoms with Gasteiger partial charge in [0.05, 0.1) is 18.4 Å². The maximum absolute atomic E-state index is 11.0. The standard InChI is InChI=1S/C17H27NO2/c1-3-6-14-7-5-9-17(19,10-8-14)15-11-16(20-4-2)13-18-12-15/h11-14,19H,3-10H2,1-2H3. The zero-order valence-electron chi connectivity index (χ0n) is 12.8. The van der Waals surface area contributed by atoms with E-state index >= 15 is 0 Å². The zero-order valence-corrected chi connectivity index (χ0v) is 12.8. The molecule has 3 nitrogen and oxygen atoms in total. The molecule has 0 saturated heterocycles. The van der Waals surface area contributed by atoms with Crippen LogP contribution in [0.3, 0.4) is 0 Å². The predicted molar refractivity (Wildman–Crippen MR) is 80.8 cm³/mol. The molecule has 0 aliphatic heterocycles. The summed E-state index contributed by atoms with van der Waals surface area (Å²) < 4.78 is 5.50. The lowest BCUT2D eigenvalue weighted by Crippen LogP contribution is -2.25. The van der Waals surface area contributed by atoms with Crippen LogP contribution in [0.15, 0.2) is 18.5 Å². The Balaban J connectivity index is 2.11. The molecule has 2 rings (SSSR count). The quantitative estimate of drug-likeness (QED) is 0.826. The maximum atomic E-state index is 11.0. The third-order valence-corrected chi connectivity index (χ3v) is 4.43. The molecule has 1 aromatic rings. The van der Waals surface area contributed by atoms with Gasteiger partial charge in [0.1, 0.15) is 5.75 Å². The first-order chi connectivity index (χ1) is 9.68. The fraction of sp³-hybridized carbons (Fsp3) is 0.706. The second-order valence-electron chi connectivity index (χ2n) is 5.96. The molecule has 20 heavy (non-hydrogen) atoms. The van der Waals surface area contributed by atoms with Crippen LogP contribution in [0.1, 0.15) is 64.4 Å². The van der Waals surface area contributed by atoms with Crippen molar-refractivity contribution in [3.8, 4) is 5.75 Å². The Kier molecular flexibility index (Phi) is 5.41. The molecule has 0 radical (unpaired) electrons. The summed E-state index contributed by atoms with van der Waals surface area (Å²) in [5.74, 6) is 1.53. The molecule has 1 saturated carbocycles. The van der Waals surface area contributed by atoms with Crippen molar-refractivity contribution >= 4 is 0 Å². The van der Waals surface area contributed by atoms with Crippen molar-refractivity contribution in [2.75, 3.05) is 6.61 Å². The smallest absolute Gasteiger partial charge is 0.137 e. The molecule has 2 atom stereocenters. The van der Waals surface area contributed by atoms with Gasteiger partial charge < -0.3 is 9.84 Å². The minimum Gasteiger partial charge on any atom is -0.492 e. The zero-order chi connectivity index (χ0) is 14.4. The number of hydrogen-bond donors (Lipinski definition) is 1. The van der Waals surface area contributed by atoms with E-state index in [4.69, 9.17) is 4.74 Å². The number of aliphatic hydroxyl groups is 1. The summed E-state index contributed by atoms with van der Waals surface area (Å²) in [6.07, 6.45) is 11.2. The van der Waals surface area contributed by atoms with Gasteiger partial charge in [-0.3, -0.25) is 4.98 Å². The van der Waals surface area contributed by atoms with E-state index in [0.717, 1.165) is 42.9 Å².